The van der Waals surface area contributed by atoms with Gasteiger partial charge in [-0.2, -0.15) is 0 Å². The van der Waals surface area contributed by atoms with Gasteiger partial charge in [-0.25, -0.2) is 8.42 Å². The second-order valence-corrected chi connectivity index (χ2v) is 11.6. The van der Waals surface area contributed by atoms with Crippen molar-refractivity contribution in [1.82, 2.24) is 4.90 Å². The first-order valence-electron chi connectivity index (χ1n) is 10.5. The zero-order valence-corrected chi connectivity index (χ0v) is 19.3. The van der Waals surface area contributed by atoms with E-state index in [0.29, 0.717) is 43.3 Å². The van der Waals surface area contributed by atoms with Crippen LogP contribution >= 0.6 is 11.8 Å². The Kier molecular flexibility index (Phi) is 6.30. The normalized spacial score (nSPS) is 25.1. The highest BCUT2D eigenvalue weighted by Gasteiger charge is 2.42. The van der Waals surface area contributed by atoms with Gasteiger partial charge >= 0.3 is 5.97 Å². The highest BCUT2D eigenvalue weighted by atomic mass is 32.2. The van der Waals surface area contributed by atoms with Crippen molar-refractivity contribution in [3.05, 3.63) is 29.3 Å². The SMILES string of the molecule is CCOC(=O)C1CCN(C(=O)c2ccc(C)c(NC3=N[C@H]4CS(=O)(=O)C[C@H]4S3)c2)CC1. The smallest absolute Gasteiger partial charge is 0.309 e. The van der Waals surface area contributed by atoms with E-state index < -0.39 is 9.84 Å². The molecular weight excluding hydrogens is 438 g/mol. The molecule has 2 fully saturated rings. The maximum atomic E-state index is 13.0. The lowest BCUT2D eigenvalue weighted by molar-refractivity contribution is -0.149. The maximum Gasteiger partial charge on any atom is 0.309 e. The molecule has 3 heterocycles. The molecule has 1 aromatic rings. The van der Waals surface area contributed by atoms with Crippen molar-refractivity contribution < 1.29 is 22.7 Å². The lowest BCUT2D eigenvalue weighted by Gasteiger charge is -2.31. The fourth-order valence-corrected chi connectivity index (χ4v) is 7.85. The Morgan fingerprint density at radius 3 is 2.68 bits per heavy atom. The first kappa shape index (κ1) is 22.1. The minimum atomic E-state index is -2.99. The highest BCUT2D eigenvalue weighted by molar-refractivity contribution is 8.15. The molecule has 0 saturated carbocycles. The largest absolute Gasteiger partial charge is 0.466 e. The third kappa shape index (κ3) is 4.90. The molecule has 1 amide bonds. The summed E-state index contributed by atoms with van der Waals surface area (Å²) in [4.78, 5) is 31.2. The summed E-state index contributed by atoms with van der Waals surface area (Å²) < 4.78 is 28.6. The van der Waals surface area contributed by atoms with Crippen LogP contribution in [0.4, 0.5) is 5.69 Å². The monoisotopic (exact) mass is 465 g/mol. The summed E-state index contributed by atoms with van der Waals surface area (Å²) in [6.07, 6.45) is 1.22. The standard InChI is InChI=1S/C21H27N3O5S2/c1-3-29-20(26)14-6-8-24(9-7-14)19(25)15-5-4-13(2)16(10-15)22-21-23-17-11-31(27,28)12-18(17)30-21/h4-5,10,14,17-18H,3,6-9,11-12H2,1-2H3,(H,22,23)/t17-,18+/m0/s1. The molecule has 0 aliphatic carbocycles. The first-order chi connectivity index (χ1) is 14.8. The van der Waals surface area contributed by atoms with E-state index in [1.54, 1.807) is 11.8 Å². The van der Waals surface area contributed by atoms with Crippen LogP contribution in [-0.2, 0) is 19.4 Å². The van der Waals surface area contributed by atoms with Crippen LogP contribution < -0.4 is 5.32 Å². The Hall–Kier alpha value is -2.07. The maximum absolute atomic E-state index is 13.0. The summed E-state index contributed by atoms with van der Waals surface area (Å²) >= 11 is 1.46. The van der Waals surface area contributed by atoms with E-state index in [4.69, 9.17) is 4.74 Å². The molecule has 10 heteroatoms. The average molecular weight is 466 g/mol. The third-order valence-corrected chi connectivity index (χ3v) is 9.09. The molecule has 3 aliphatic heterocycles. The molecule has 8 nitrogen and oxygen atoms in total. The van der Waals surface area contributed by atoms with Crippen LogP contribution in [0, 0.1) is 12.8 Å². The van der Waals surface area contributed by atoms with Crippen molar-refractivity contribution in [3.8, 4) is 0 Å². The predicted molar refractivity (Wildman–Crippen MR) is 121 cm³/mol. The van der Waals surface area contributed by atoms with E-state index in [-0.39, 0.29) is 40.6 Å². The van der Waals surface area contributed by atoms with Crippen LogP contribution in [0.25, 0.3) is 0 Å². The molecule has 1 N–H and O–H groups in total. The molecule has 0 unspecified atom stereocenters. The quantitative estimate of drug-likeness (QED) is 0.679. The number of rotatable bonds is 4. The van der Waals surface area contributed by atoms with Crippen molar-refractivity contribution in [1.29, 1.82) is 0 Å². The summed E-state index contributed by atoms with van der Waals surface area (Å²) in [5, 5.41) is 3.96. The van der Waals surface area contributed by atoms with Crippen molar-refractivity contribution in [2.24, 2.45) is 10.9 Å². The first-order valence-corrected chi connectivity index (χ1v) is 13.2. The lowest BCUT2D eigenvalue weighted by Crippen LogP contribution is -2.40. The number of hydrogen-bond acceptors (Lipinski definition) is 8. The fourth-order valence-electron chi connectivity index (χ4n) is 4.18. The van der Waals surface area contributed by atoms with E-state index in [1.165, 1.54) is 11.8 Å². The number of nitrogens with zero attached hydrogens (tertiary/aromatic N) is 2. The molecule has 0 spiro atoms. The number of nitrogens with one attached hydrogen (secondary N) is 1. The van der Waals surface area contributed by atoms with E-state index in [9.17, 15) is 18.0 Å². The number of piperidine rings is 1. The number of anilines is 1. The number of aliphatic imine (C=N–C) groups is 1. The third-order valence-electron chi connectivity index (χ3n) is 5.95. The van der Waals surface area contributed by atoms with Crippen molar-refractivity contribution >= 4 is 44.3 Å². The number of ether oxygens (including phenoxy) is 1. The topological polar surface area (TPSA) is 105 Å². The minimum Gasteiger partial charge on any atom is -0.466 e. The second-order valence-electron chi connectivity index (χ2n) is 8.21. The van der Waals surface area contributed by atoms with Gasteiger partial charge in [-0.1, -0.05) is 17.8 Å². The van der Waals surface area contributed by atoms with Crippen LogP contribution in [0.1, 0.15) is 35.7 Å². The van der Waals surface area contributed by atoms with Crippen LogP contribution in [0.3, 0.4) is 0 Å². The van der Waals surface area contributed by atoms with E-state index in [2.05, 4.69) is 10.3 Å². The minimum absolute atomic E-state index is 0.0293. The molecular formula is C21H27N3O5S2. The number of esters is 1. The van der Waals surface area contributed by atoms with Gasteiger partial charge in [-0.05, 0) is 44.4 Å². The van der Waals surface area contributed by atoms with Gasteiger partial charge in [0.2, 0.25) is 0 Å². The number of hydrogen-bond donors (Lipinski definition) is 1. The number of carbonyl (C=O) groups is 2. The average Bonchev–Trinajstić information content (AvgIpc) is 3.22. The van der Waals surface area contributed by atoms with Gasteiger partial charge in [0.05, 0.1) is 30.1 Å². The van der Waals surface area contributed by atoms with E-state index in [1.807, 2.05) is 25.1 Å². The molecule has 31 heavy (non-hydrogen) atoms. The van der Waals surface area contributed by atoms with Crippen LogP contribution in [0.2, 0.25) is 0 Å². The van der Waals surface area contributed by atoms with Gasteiger partial charge in [-0.15, -0.1) is 0 Å². The van der Waals surface area contributed by atoms with Gasteiger partial charge in [0.1, 0.15) is 0 Å². The van der Waals surface area contributed by atoms with Crippen LogP contribution in [-0.4, -0.2) is 72.9 Å². The Balaban J connectivity index is 1.40. The van der Waals surface area contributed by atoms with Crippen molar-refractivity contribution in [2.45, 2.75) is 38.0 Å². The predicted octanol–water partition coefficient (Wildman–Crippen LogP) is 2.09. The number of amides is 1. The number of sulfone groups is 1. The number of thioether (sulfide) groups is 1. The molecule has 0 aromatic heterocycles. The Morgan fingerprint density at radius 1 is 1.26 bits per heavy atom. The fraction of sp³-hybridized carbons (Fsp3) is 0.571. The number of likely N-dealkylation sites (tertiary alicyclic amines) is 1. The van der Waals surface area contributed by atoms with Gasteiger partial charge in [0.25, 0.3) is 5.91 Å². The molecule has 168 valence electrons. The summed E-state index contributed by atoms with van der Waals surface area (Å²) in [6, 6.07) is 5.34. The zero-order chi connectivity index (χ0) is 22.2. The van der Waals surface area contributed by atoms with Crippen molar-refractivity contribution in [3.63, 3.8) is 0 Å². The van der Waals surface area contributed by atoms with Crippen molar-refractivity contribution in [2.75, 3.05) is 36.5 Å². The molecule has 4 rings (SSSR count). The summed E-state index contributed by atoms with van der Waals surface area (Å²) in [6.45, 7) is 5.17. The molecule has 0 radical (unpaired) electrons. The van der Waals surface area contributed by atoms with Gasteiger partial charge < -0.3 is 15.0 Å². The van der Waals surface area contributed by atoms with Crippen LogP contribution in [0.15, 0.2) is 23.2 Å². The Bertz CT molecular complexity index is 1020. The Morgan fingerprint density at radius 2 is 2.00 bits per heavy atom. The lowest BCUT2D eigenvalue weighted by atomic mass is 9.96. The molecule has 1 aromatic carbocycles. The molecule has 2 saturated heterocycles. The second kappa shape index (κ2) is 8.82. The molecule has 0 bridgehead atoms. The van der Waals surface area contributed by atoms with E-state index >= 15 is 0 Å². The number of amidine groups is 1. The van der Waals surface area contributed by atoms with Gasteiger partial charge in [0.15, 0.2) is 15.0 Å². The summed E-state index contributed by atoms with van der Waals surface area (Å²) in [5.41, 5.74) is 2.35. The summed E-state index contributed by atoms with van der Waals surface area (Å²) in [7, 11) is -2.99. The number of aryl methyl sites for hydroxylation is 1. The molecule has 3 aliphatic rings. The zero-order valence-electron chi connectivity index (χ0n) is 17.7. The molecule has 2 atom stereocenters. The highest BCUT2D eigenvalue weighted by Crippen LogP contribution is 2.35. The van der Waals surface area contributed by atoms with Crippen LogP contribution in [0.5, 0.6) is 0 Å². The van der Waals surface area contributed by atoms with Gasteiger partial charge in [0, 0.05) is 29.6 Å². The number of carbonyl (C=O) groups excluding carboxylic acids is 2. The van der Waals surface area contributed by atoms with E-state index in [0.717, 1.165) is 11.3 Å². The number of benzene rings is 1. The van der Waals surface area contributed by atoms with Gasteiger partial charge in [-0.3, -0.25) is 14.6 Å². The number of fused-ring (bicyclic) bond motifs is 1. The summed E-state index contributed by atoms with van der Waals surface area (Å²) in [5.74, 6) is -0.108. The Labute approximate surface area is 186 Å².